The molecule has 6 nitrogen and oxygen atoms in total. The van der Waals surface area contributed by atoms with Crippen molar-refractivity contribution >= 4 is 47.4 Å². The second-order valence-electron chi connectivity index (χ2n) is 6.31. The molecular formula is C20H21IN4O2. The Morgan fingerprint density at radius 1 is 1.04 bits per heavy atom. The van der Waals surface area contributed by atoms with Crippen LogP contribution >= 0.6 is 24.0 Å². The lowest BCUT2D eigenvalue weighted by Crippen LogP contribution is -2.44. The number of hydrogen-bond acceptors (Lipinski definition) is 3. The number of carbonyl (C=O) groups excluding carboxylic acids is 2. The molecule has 0 radical (unpaired) electrons. The molecule has 2 aromatic rings. The van der Waals surface area contributed by atoms with Gasteiger partial charge in [-0.1, -0.05) is 30.3 Å². The zero-order valence-electron chi connectivity index (χ0n) is 15.0. The van der Waals surface area contributed by atoms with E-state index < -0.39 is 0 Å². The minimum absolute atomic E-state index is 0. The molecule has 2 aliphatic heterocycles. The van der Waals surface area contributed by atoms with Crippen LogP contribution in [0.4, 0.5) is 5.69 Å². The highest BCUT2D eigenvalue weighted by molar-refractivity contribution is 14.0. The van der Waals surface area contributed by atoms with E-state index in [0.717, 1.165) is 24.6 Å². The number of halogens is 1. The molecule has 0 atom stereocenters. The Balaban J connectivity index is 0.00000210. The van der Waals surface area contributed by atoms with Crippen LogP contribution in [-0.4, -0.2) is 49.4 Å². The fraction of sp³-hybridized carbons (Fsp3) is 0.250. The third-order valence-electron chi connectivity index (χ3n) is 4.85. The molecule has 4 rings (SSSR count). The van der Waals surface area contributed by atoms with Crippen molar-refractivity contribution in [3.63, 3.8) is 0 Å². The van der Waals surface area contributed by atoms with E-state index in [9.17, 15) is 9.59 Å². The van der Waals surface area contributed by atoms with Gasteiger partial charge in [-0.3, -0.25) is 19.5 Å². The molecule has 0 aliphatic carbocycles. The number of carbonyl (C=O) groups is 2. The van der Waals surface area contributed by atoms with Crippen LogP contribution in [0.5, 0.6) is 0 Å². The maximum atomic E-state index is 12.4. The summed E-state index contributed by atoms with van der Waals surface area (Å²) in [5.41, 5.74) is 3.42. The molecule has 0 bridgehead atoms. The van der Waals surface area contributed by atoms with Gasteiger partial charge in [-0.15, -0.1) is 24.0 Å². The first-order valence-corrected chi connectivity index (χ1v) is 8.72. The summed E-state index contributed by atoms with van der Waals surface area (Å²) in [4.78, 5) is 32.6. The van der Waals surface area contributed by atoms with Crippen molar-refractivity contribution in [1.29, 1.82) is 0 Å². The summed E-state index contributed by atoms with van der Waals surface area (Å²) in [7, 11) is 1.74. The zero-order chi connectivity index (χ0) is 18.1. The number of benzene rings is 2. The molecule has 27 heavy (non-hydrogen) atoms. The van der Waals surface area contributed by atoms with Gasteiger partial charge >= 0.3 is 0 Å². The quantitative estimate of drug-likeness (QED) is 0.320. The predicted octanol–water partition coefficient (Wildman–Crippen LogP) is 2.54. The van der Waals surface area contributed by atoms with Crippen LogP contribution in [-0.2, 0) is 6.42 Å². The van der Waals surface area contributed by atoms with Crippen molar-refractivity contribution in [3.05, 3.63) is 65.2 Å². The number of aliphatic imine (C=N–C) groups is 1. The maximum Gasteiger partial charge on any atom is 0.261 e. The van der Waals surface area contributed by atoms with Crippen molar-refractivity contribution in [2.24, 2.45) is 4.99 Å². The molecule has 2 amide bonds. The van der Waals surface area contributed by atoms with Crippen LogP contribution in [0.15, 0.2) is 53.5 Å². The number of imide groups is 1. The normalized spacial score (nSPS) is 15.5. The first-order valence-electron chi connectivity index (χ1n) is 8.72. The molecule has 0 spiro atoms. The van der Waals surface area contributed by atoms with E-state index in [1.807, 2.05) is 12.1 Å². The number of para-hydroxylation sites is 1. The molecule has 2 aliphatic rings. The minimum Gasteiger partial charge on any atom is -0.354 e. The topological polar surface area (TPSA) is 65.0 Å². The Hall–Kier alpha value is -2.42. The van der Waals surface area contributed by atoms with Gasteiger partial charge in [-0.2, -0.15) is 0 Å². The number of nitrogens with one attached hydrogen (secondary N) is 1. The lowest BCUT2D eigenvalue weighted by molar-refractivity contribution is 0.0657. The lowest BCUT2D eigenvalue weighted by atomic mass is 10.1. The number of fused-ring (bicyclic) bond motifs is 2. The summed E-state index contributed by atoms with van der Waals surface area (Å²) in [6.45, 7) is 1.63. The van der Waals surface area contributed by atoms with Gasteiger partial charge in [-0.25, -0.2) is 0 Å². The summed E-state index contributed by atoms with van der Waals surface area (Å²) in [5.74, 6) is 0.300. The number of nitrogens with zero attached hydrogens (tertiary/aromatic N) is 3. The fourth-order valence-corrected chi connectivity index (χ4v) is 3.58. The van der Waals surface area contributed by atoms with Gasteiger partial charge in [-0.05, 0) is 30.2 Å². The van der Waals surface area contributed by atoms with Crippen LogP contribution < -0.4 is 10.2 Å². The Labute approximate surface area is 175 Å². The van der Waals surface area contributed by atoms with Crippen molar-refractivity contribution in [3.8, 4) is 0 Å². The third kappa shape index (κ3) is 3.43. The lowest BCUT2D eigenvalue weighted by Gasteiger charge is -2.23. The molecule has 2 aromatic carbocycles. The van der Waals surface area contributed by atoms with Gasteiger partial charge in [0.05, 0.1) is 11.1 Å². The molecule has 0 unspecified atom stereocenters. The molecule has 0 saturated heterocycles. The van der Waals surface area contributed by atoms with E-state index in [1.54, 1.807) is 31.3 Å². The average Bonchev–Trinajstić information content (AvgIpc) is 3.20. The number of amides is 2. The largest absolute Gasteiger partial charge is 0.354 e. The SMILES string of the molecule is CN=C(NCCN1C(=O)c2ccccc2C1=O)N1CCc2ccccc21.I. The highest BCUT2D eigenvalue weighted by Crippen LogP contribution is 2.27. The smallest absolute Gasteiger partial charge is 0.261 e. The Kier molecular flexibility index (Phi) is 5.79. The van der Waals surface area contributed by atoms with E-state index in [-0.39, 0.29) is 35.8 Å². The Morgan fingerprint density at radius 3 is 2.33 bits per heavy atom. The van der Waals surface area contributed by atoms with E-state index in [4.69, 9.17) is 0 Å². The van der Waals surface area contributed by atoms with Crippen LogP contribution in [0.25, 0.3) is 0 Å². The van der Waals surface area contributed by atoms with E-state index >= 15 is 0 Å². The summed E-state index contributed by atoms with van der Waals surface area (Å²) >= 11 is 0. The van der Waals surface area contributed by atoms with Crippen molar-refractivity contribution < 1.29 is 9.59 Å². The molecule has 140 valence electrons. The van der Waals surface area contributed by atoms with Crippen molar-refractivity contribution in [1.82, 2.24) is 10.2 Å². The van der Waals surface area contributed by atoms with Crippen LogP contribution in [0, 0.1) is 0 Å². The average molecular weight is 476 g/mol. The van der Waals surface area contributed by atoms with Crippen LogP contribution in [0.2, 0.25) is 0 Å². The monoisotopic (exact) mass is 476 g/mol. The summed E-state index contributed by atoms with van der Waals surface area (Å²) < 4.78 is 0. The second kappa shape index (κ2) is 8.08. The molecule has 0 aromatic heterocycles. The minimum atomic E-state index is -0.228. The van der Waals surface area contributed by atoms with Gasteiger partial charge in [0.15, 0.2) is 5.96 Å². The van der Waals surface area contributed by atoms with Gasteiger partial charge in [0, 0.05) is 32.4 Å². The Morgan fingerprint density at radius 2 is 1.67 bits per heavy atom. The summed E-state index contributed by atoms with van der Waals surface area (Å²) in [6, 6.07) is 15.2. The number of rotatable bonds is 3. The summed E-state index contributed by atoms with van der Waals surface area (Å²) in [5, 5.41) is 3.28. The van der Waals surface area contributed by atoms with E-state index in [1.165, 1.54) is 10.5 Å². The van der Waals surface area contributed by atoms with Crippen molar-refractivity contribution in [2.75, 3.05) is 31.6 Å². The highest BCUT2D eigenvalue weighted by atomic mass is 127. The first kappa shape index (κ1) is 19.3. The molecule has 0 saturated carbocycles. The number of hydrogen-bond donors (Lipinski definition) is 1. The number of anilines is 1. The van der Waals surface area contributed by atoms with E-state index in [0.29, 0.717) is 24.2 Å². The molecule has 1 N–H and O–H groups in total. The molecular weight excluding hydrogens is 455 g/mol. The van der Waals surface area contributed by atoms with Crippen LogP contribution in [0.3, 0.4) is 0 Å². The van der Waals surface area contributed by atoms with Crippen molar-refractivity contribution in [2.45, 2.75) is 6.42 Å². The standard InChI is InChI=1S/C20H20N4O2.HI/c1-21-20(23-12-10-14-6-2-5-9-17(14)23)22-11-13-24-18(25)15-7-3-4-8-16(15)19(24)26;/h2-9H,10-13H2,1H3,(H,21,22);1H. The van der Waals surface area contributed by atoms with Gasteiger partial charge in [0.2, 0.25) is 0 Å². The van der Waals surface area contributed by atoms with E-state index in [2.05, 4.69) is 27.3 Å². The third-order valence-corrected chi connectivity index (χ3v) is 4.85. The molecule has 2 heterocycles. The molecule has 7 heteroatoms. The van der Waals surface area contributed by atoms with Crippen LogP contribution in [0.1, 0.15) is 26.3 Å². The number of guanidine groups is 1. The fourth-order valence-electron chi connectivity index (χ4n) is 3.58. The van der Waals surface area contributed by atoms with Gasteiger partial charge < -0.3 is 10.2 Å². The Bertz CT molecular complexity index is 877. The highest BCUT2D eigenvalue weighted by Gasteiger charge is 2.34. The molecule has 0 fully saturated rings. The zero-order valence-corrected chi connectivity index (χ0v) is 17.3. The predicted molar refractivity (Wildman–Crippen MR) is 116 cm³/mol. The van der Waals surface area contributed by atoms with Gasteiger partial charge in [0.1, 0.15) is 0 Å². The van der Waals surface area contributed by atoms with Gasteiger partial charge in [0.25, 0.3) is 11.8 Å². The summed E-state index contributed by atoms with van der Waals surface area (Å²) in [6.07, 6.45) is 0.981. The maximum absolute atomic E-state index is 12.4. The first-order chi connectivity index (χ1) is 12.7. The second-order valence-corrected chi connectivity index (χ2v) is 6.31.